The molecule has 128 valence electrons. The summed E-state index contributed by atoms with van der Waals surface area (Å²) in [5.74, 6) is 0.615. The highest BCUT2D eigenvalue weighted by atomic mass is 16.5. The van der Waals surface area contributed by atoms with E-state index in [0.717, 1.165) is 39.2 Å². The zero-order chi connectivity index (χ0) is 16.3. The van der Waals surface area contributed by atoms with Crippen molar-refractivity contribution in [1.82, 2.24) is 10.2 Å². The zero-order valence-corrected chi connectivity index (χ0v) is 14.0. The first kappa shape index (κ1) is 17.9. The van der Waals surface area contributed by atoms with Crippen molar-refractivity contribution in [1.29, 1.82) is 0 Å². The number of nitrogens with zero attached hydrogens (tertiary/aromatic N) is 1. The summed E-state index contributed by atoms with van der Waals surface area (Å²) in [6.45, 7) is 5.00. The third kappa shape index (κ3) is 7.59. The van der Waals surface area contributed by atoms with Gasteiger partial charge in [-0.15, -0.1) is 0 Å². The van der Waals surface area contributed by atoms with Crippen LogP contribution in [0.5, 0.6) is 0 Å². The molecule has 0 aliphatic carbocycles. The number of hydrogen-bond donors (Lipinski definition) is 1. The van der Waals surface area contributed by atoms with E-state index in [1.54, 1.807) is 0 Å². The Hall–Kier alpha value is -1.43. The van der Waals surface area contributed by atoms with Gasteiger partial charge < -0.3 is 14.8 Å². The van der Waals surface area contributed by atoms with Crippen LogP contribution < -0.4 is 5.32 Å². The highest BCUT2D eigenvalue weighted by Gasteiger charge is 2.15. The molecule has 0 spiro atoms. The maximum absolute atomic E-state index is 11.9. The first-order chi connectivity index (χ1) is 11.2. The highest BCUT2D eigenvalue weighted by Crippen LogP contribution is 2.12. The number of carbonyl (C=O) groups excluding carboxylic acids is 1. The van der Waals surface area contributed by atoms with Crippen LogP contribution in [0.1, 0.15) is 18.4 Å². The number of likely N-dealkylation sites (N-methyl/N-ethyl adjacent to an activating group) is 1. The molecule has 1 aromatic rings. The number of amides is 1. The Morgan fingerprint density at radius 3 is 2.96 bits per heavy atom. The largest absolute Gasteiger partial charge is 0.381 e. The normalized spacial score (nSPS) is 17.6. The van der Waals surface area contributed by atoms with Crippen molar-refractivity contribution in [2.45, 2.75) is 19.4 Å². The van der Waals surface area contributed by atoms with Crippen molar-refractivity contribution < 1.29 is 14.3 Å². The first-order valence-corrected chi connectivity index (χ1v) is 8.38. The van der Waals surface area contributed by atoms with Gasteiger partial charge in [-0.3, -0.25) is 9.69 Å². The van der Waals surface area contributed by atoms with E-state index in [-0.39, 0.29) is 5.91 Å². The predicted molar refractivity (Wildman–Crippen MR) is 90.1 cm³/mol. The van der Waals surface area contributed by atoms with Gasteiger partial charge in [0.25, 0.3) is 0 Å². The van der Waals surface area contributed by atoms with E-state index < -0.39 is 0 Å². The van der Waals surface area contributed by atoms with Crippen LogP contribution in [-0.4, -0.2) is 57.4 Å². The minimum absolute atomic E-state index is 0.0626. The van der Waals surface area contributed by atoms with Crippen LogP contribution in [0, 0.1) is 5.92 Å². The average Bonchev–Trinajstić information content (AvgIpc) is 3.05. The molecule has 1 aliphatic rings. The summed E-state index contributed by atoms with van der Waals surface area (Å²) < 4.78 is 10.9. The maximum atomic E-state index is 11.9. The van der Waals surface area contributed by atoms with Gasteiger partial charge in [0, 0.05) is 32.2 Å². The Morgan fingerprint density at radius 1 is 1.39 bits per heavy atom. The second kappa shape index (κ2) is 10.4. The van der Waals surface area contributed by atoms with Gasteiger partial charge in [-0.2, -0.15) is 0 Å². The fraction of sp³-hybridized carbons (Fsp3) is 0.611. The third-order valence-electron chi connectivity index (χ3n) is 3.87. The molecule has 0 saturated carbocycles. The molecule has 1 fully saturated rings. The van der Waals surface area contributed by atoms with Crippen LogP contribution in [0.2, 0.25) is 0 Å². The van der Waals surface area contributed by atoms with E-state index in [4.69, 9.17) is 9.47 Å². The third-order valence-corrected chi connectivity index (χ3v) is 3.87. The van der Waals surface area contributed by atoms with Gasteiger partial charge in [0.1, 0.15) is 0 Å². The average molecular weight is 320 g/mol. The first-order valence-electron chi connectivity index (χ1n) is 8.38. The summed E-state index contributed by atoms with van der Waals surface area (Å²) >= 11 is 0. The predicted octanol–water partition coefficient (Wildman–Crippen LogP) is 1.68. The topological polar surface area (TPSA) is 50.8 Å². The van der Waals surface area contributed by atoms with Crippen LogP contribution in [0.3, 0.4) is 0 Å². The SMILES string of the molecule is CN(CC(=O)NCCCOC[C@@H]1CCOC1)Cc1ccccc1. The van der Waals surface area contributed by atoms with E-state index in [2.05, 4.69) is 17.4 Å². The standard InChI is InChI=1S/C18H28N2O3/c1-20(12-16-6-3-2-4-7-16)13-18(21)19-9-5-10-22-14-17-8-11-23-15-17/h2-4,6-7,17H,5,8-15H2,1H3,(H,19,21)/t17-/m0/s1. The number of rotatable bonds is 10. The van der Waals surface area contributed by atoms with E-state index in [9.17, 15) is 4.79 Å². The molecule has 2 rings (SSSR count). The molecular weight excluding hydrogens is 292 g/mol. The summed E-state index contributed by atoms with van der Waals surface area (Å²) in [7, 11) is 1.96. The van der Waals surface area contributed by atoms with Gasteiger partial charge in [0.05, 0.1) is 19.8 Å². The van der Waals surface area contributed by atoms with Crippen molar-refractivity contribution in [3.63, 3.8) is 0 Å². The lowest BCUT2D eigenvalue weighted by Crippen LogP contribution is -2.35. The van der Waals surface area contributed by atoms with Gasteiger partial charge in [0.2, 0.25) is 5.91 Å². The van der Waals surface area contributed by atoms with Crippen LogP contribution in [0.15, 0.2) is 30.3 Å². The number of carbonyl (C=O) groups is 1. The van der Waals surface area contributed by atoms with Crippen LogP contribution >= 0.6 is 0 Å². The molecule has 0 unspecified atom stereocenters. The lowest BCUT2D eigenvalue weighted by molar-refractivity contribution is -0.122. The van der Waals surface area contributed by atoms with Crippen LogP contribution in [0.4, 0.5) is 0 Å². The summed E-state index contributed by atoms with van der Waals surface area (Å²) in [6.07, 6.45) is 1.95. The number of nitrogens with one attached hydrogen (secondary N) is 1. The number of ether oxygens (including phenoxy) is 2. The summed E-state index contributed by atoms with van der Waals surface area (Å²) in [5.41, 5.74) is 1.21. The minimum Gasteiger partial charge on any atom is -0.381 e. The molecule has 0 radical (unpaired) electrons. The van der Waals surface area contributed by atoms with Gasteiger partial charge >= 0.3 is 0 Å². The fourth-order valence-corrected chi connectivity index (χ4v) is 2.62. The molecule has 0 bridgehead atoms. The molecule has 5 heteroatoms. The monoisotopic (exact) mass is 320 g/mol. The Kier molecular flexibility index (Phi) is 8.07. The van der Waals surface area contributed by atoms with Gasteiger partial charge in [-0.1, -0.05) is 30.3 Å². The second-order valence-electron chi connectivity index (χ2n) is 6.17. The Balaban J connectivity index is 1.47. The van der Waals surface area contributed by atoms with Crippen molar-refractivity contribution in [2.24, 2.45) is 5.92 Å². The van der Waals surface area contributed by atoms with Gasteiger partial charge in [-0.25, -0.2) is 0 Å². The second-order valence-corrected chi connectivity index (χ2v) is 6.17. The summed E-state index contributed by atoms with van der Waals surface area (Å²) in [6, 6.07) is 10.2. The highest BCUT2D eigenvalue weighted by molar-refractivity contribution is 5.77. The number of benzene rings is 1. The smallest absolute Gasteiger partial charge is 0.234 e. The van der Waals surface area contributed by atoms with Crippen molar-refractivity contribution in [2.75, 3.05) is 46.6 Å². The molecule has 1 atom stereocenters. The minimum atomic E-state index is 0.0626. The summed E-state index contributed by atoms with van der Waals surface area (Å²) in [4.78, 5) is 13.9. The molecule has 1 saturated heterocycles. The van der Waals surface area contributed by atoms with Crippen molar-refractivity contribution >= 4 is 5.91 Å². The Bertz CT molecular complexity index is 447. The van der Waals surface area contributed by atoms with Gasteiger partial charge in [0.15, 0.2) is 0 Å². The maximum Gasteiger partial charge on any atom is 0.234 e. The van der Waals surface area contributed by atoms with E-state index in [0.29, 0.717) is 25.6 Å². The molecule has 1 heterocycles. The van der Waals surface area contributed by atoms with E-state index in [1.807, 2.05) is 30.1 Å². The molecule has 1 aromatic carbocycles. The lowest BCUT2D eigenvalue weighted by atomic mass is 10.1. The van der Waals surface area contributed by atoms with Gasteiger partial charge in [-0.05, 0) is 25.5 Å². The fourth-order valence-electron chi connectivity index (χ4n) is 2.62. The lowest BCUT2D eigenvalue weighted by Gasteiger charge is -2.16. The molecule has 1 amide bonds. The molecule has 0 aromatic heterocycles. The zero-order valence-electron chi connectivity index (χ0n) is 14.0. The van der Waals surface area contributed by atoms with Crippen LogP contribution in [0.25, 0.3) is 0 Å². The Morgan fingerprint density at radius 2 is 2.22 bits per heavy atom. The molecule has 1 N–H and O–H groups in total. The van der Waals surface area contributed by atoms with E-state index >= 15 is 0 Å². The molecule has 1 aliphatic heterocycles. The quantitative estimate of drug-likeness (QED) is 0.667. The van der Waals surface area contributed by atoms with Crippen LogP contribution in [-0.2, 0) is 20.8 Å². The number of hydrogen-bond acceptors (Lipinski definition) is 4. The Labute approximate surface area is 139 Å². The van der Waals surface area contributed by atoms with E-state index in [1.165, 1.54) is 5.56 Å². The van der Waals surface area contributed by atoms with Crippen molar-refractivity contribution in [3.8, 4) is 0 Å². The van der Waals surface area contributed by atoms with Crippen molar-refractivity contribution in [3.05, 3.63) is 35.9 Å². The molecule has 23 heavy (non-hydrogen) atoms. The summed E-state index contributed by atoms with van der Waals surface area (Å²) in [5, 5.41) is 2.94. The molecular formula is C18H28N2O3. The molecule has 5 nitrogen and oxygen atoms in total.